The number of carbonyl (C=O) groups excluding carboxylic acids is 1. The number of ether oxygens (including phenoxy) is 1. The molecule has 7 rings (SSSR count). The van der Waals surface area contributed by atoms with Crippen LogP contribution in [0.2, 0.25) is 0 Å². The molecule has 7 N–H and O–H groups in total. The number of nitrogens with zero attached hydrogens (tertiary/aromatic N) is 4. The molecule has 0 spiro atoms. The van der Waals surface area contributed by atoms with Gasteiger partial charge in [0.15, 0.2) is 28.9 Å². The zero-order valence-corrected chi connectivity index (χ0v) is 31.9. The molecule has 2 aromatic heterocycles. The van der Waals surface area contributed by atoms with E-state index in [1.54, 1.807) is 31.2 Å². The number of nitrogens with two attached hydrogens (primary N) is 1. The Bertz CT molecular complexity index is 2560. The van der Waals surface area contributed by atoms with Crippen LogP contribution >= 0.6 is 0 Å². The number of aliphatic hydroxyl groups excluding tert-OH is 2. The van der Waals surface area contributed by atoms with E-state index in [2.05, 4.69) is 32.1 Å². The Morgan fingerprint density at radius 1 is 1.04 bits per heavy atom. The van der Waals surface area contributed by atoms with Gasteiger partial charge in [0, 0.05) is 58.1 Å². The summed E-state index contributed by atoms with van der Waals surface area (Å²) in [6.45, 7) is 3.91. The first kappa shape index (κ1) is 39.3. The van der Waals surface area contributed by atoms with Crippen molar-refractivity contribution in [2.24, 2.45) is 5.92 Å². The standard InChI is InChI=1S/C41H40N6O9S/c1-22-15-24(7-10-27(22)33-28-11-8-25(48)16-30(28)55-31-17-26(49)9-12-29(31)33)39(52)43-13-5-3-4-6-14-57(18-23(2)41(53)54)19-32-35(50)36(51)40(56-32)47-21-46-34-37(42)44-20-45-38(34)47/h7-12,15-17,20-21,23,32,35-36,40,50-51H,3,5,13-14,18-19H2,1-2H3,(H4-,42,43,44,45,48,49,52,53,54)/p+1/t23-,32+,35?,36-,40+,57?/m0/s1. The average molecular weight is 794 g/mol. The van der Waals surface area contributed by atoms with Crippen LogP contribution in [0.25, 0.3) is 44.6 Å². The summed E-state index contributed by atoms with van der Waals surface area (Å²) in [5.41, 5.74) is 10.6. The number of aryl methyl sites for hydroxylation is 1. The number of unbranched alkanes of at least 4 members (excludes halogenated alkanes) is 1. The van der Waals surface area contributed by atoms with E-state index in [-0.39, 0.29) is 28.7 Å². The van der Waals surface area contributed by atoms with Gasteiger partial charge in [0.2, 0.25) is 0 Å². The van der Waals surface area contributed by atoms with Crippen LogP contribution in [0.4, 0.5) is 5.82 Å². The van der Waals surface area contributed by atoms with Crippen molar-refractivity contribution in [2.45, 2.75) is 51.2 Å². The predicted octanol–water partition coefficient (Wildman–Crippen LogP) is 3.47. The molecular formula is C41H41N6O9S+. The number of hydrogen-bond acceptors (Lipinski definition) is 12. The van der Waals surface area contributed by atoms with Crippen molar-refractivity contribution in [1.82, 2.24) is 24.8 Å². The molecule has 16 heteroatoms. The molecule has 1 fully saturated rings. The lowest BCUT2D eigenvalue weighted by Gasteiger charge is -2.17. The molecule has 2 aliphatic heterocycles. The number of benzene rings is 3. The van der Waals surface area contributed by atoms with Crippen LogP contribution in [0.3, 0.4) is 0 Å². The minimum atomic E-state index is -1.29. The van der Waals surface area contributed by atoms with E-state index in [1.807, 2.05) is 19.1 Å². The maximum Gasteiger partial charge on any atom is 0.310 e. The number of amides is 1. The van der Waals surface area contributed by atoms with E-state index in [0.29, 0.717) is 59.0 Å². The highest BCUT2D eigenvalue weighted by molar-refractivity contribution is 7.97. The van der Waals surface area contributed by atoms with Crippen LogP contribution < -0.4 is 16.5 Å². The summed E-state index contributed by atoms with van der Waals surface area (Å²) in [5, 5.41) is 45.2. The van der Waals surface area contributed by atoms with Crippen molar-refractivity contribution in [3.63, 3.8) is 0 Å². The molecular weight excluding hydrogens is 753 g/mol. The molecule has 2 unspecified atom stereocenters. The molecule has 6 atom stereocenters. The number of nitrogen functional groups attached to an aromatic ring is 1. The molecule has 0 radical (unpaired) electrons. The van der Waals surface area contributed by atoms with Gasteiger partial charge in [0.05, 0.1) is 12.2 Å². The largest absolute Gasteiger partial charge is 0.508 e. The lowest BCUT2D eigenvalue weighted by atomic mass is 9.90. The number of phenolic OH excluding ortho intramolecular Hbond substituents is 1. The number of carboxylic acids is 1. The topological polar surface area (TPSA) is 236 Å². The summed E-state index contributed by atoms with van der Waals surface area (Å²) in [6, 6.07) is 14.9. The first-order valence-corrected chi connectivity index (χ1v) is 20.0. The summed E-state index contributed by atoms with van der Waals surface area (Å²) in [7, 11) is -0.590. The minimum absolute atomic E-state index is 0.0367. The van der Waals surface area contributed by atoms with Crippen molar-refractivity contribution in [3.8, 4) is 40.0 Å². The van der Waals surface area contributed by atoms with Crippen LogP contribution in [0.15, 0.2) is 76.5 Å². The fourth-order valence-corrected chi connectivity index (χ4v) is 9.22. The number of carboxylic acid groups (broad SMARTS) is 1. The third-order valence-electron chi connectivity index (χ3n) is 9.91. The van der Waals surface area contributed by atoms with Gasteiger partial charge in [-0.05, 0) is 73.7 Å². The molecule has 1 aliphatic carbocycles. The fourth-order valence-electron chi connectivity index (χ4n) is 6.95. The molecule has 3 aliphatic rings. The Morgan fingerprint density at radius 2 is 1.84 bits per heavy atom. The number of aliphatic carboxylic acids is 1. The zero-order chi connectivity index (χ0) is 40.4. The van der Waals surface area contributed by atoms with E-state index >= 15 is 0 Å². The lowest BCUT2D eigenvalue weighted by Crippen LogP contribution is -2.38. The second-order valence-corrected chi connectivity index (χ2v) is 16.2. The van der Waals surface area contributed by atoms with Gasteiger partial charge in [-0.15, -0.1) is 0 Å². The Morgan fingerprint density at radius 3 is 2.63 bits per heavy atom. The number of anilines is 1. The molecule has 1 saturated heterocycles. The van der Waals surface area contributed by atoms with Gasteiger partial charge in [-0.3, -0.25) is 19.0 Å². The van der Waals surface area contributed by atoms with Gasteiger partial charge in [0.25, 0.3) is 5.91 Å². The molecule has 57 heavy (non-hydrogen) atoms. The average Bonchev–Trinajstić information content (AvgIpc) is 3.73. The fraction of sp³-hybridized carbons (Fsp3) is 0.317. The smallest absolute Gasteiger partial charge is 0.310 e. The van der Waals surface area contributed by atoms with Crippen molar-refractivity contribution >= 4 is 50.7 Å². The molecule has 0 bridgehead atoms. The van der Waals surface area contributed by atoms with Crippen LogP contribution in [-0.2, 0) is 20.4 Å². The van der Waals surface area contributed by atoms with Crippen molar-refractivity contribution in [3.05, 3.63) is 88.6 Å². The van der Waals surface area contributed by atoms with Crippen molar-refractivity contribution in [1.29, 1.82) is 0 Å². The Balaban J connectivity index is 0.956. The number of fused-ring (bicyclic) bond motifs is 3. The number of aromatic hydroxyl groups is 1. The van der Waals surface area contributed by atoms with E-state index in [4.69, 9.17) is 14.9 Å². The highest BCUT2D eigenvalue weighted by atomic mass is 32.2. The van der Waals surface area contributed by atoms with Crippen LogP contribution in [0.5, 0.6) is 5.75 Å². The molecule has 0 saturated carbocycles. The Kier molecular flexibility index (Phi) is 11.4. The first-order valence-electron chi connectivity index (χ1n) is 18.3. The van der Waals surface area contributed by atoms with E-state index in [9.17, 15) is 34.8 Å². The van der Waals surface area contributed by atoms with Gasteiger partial charge in [0.1, 0.15) is 58.8 Å². The number of carbonyl (C=O) groups is 2. The van der Waals surface area contributed by atoms with Gasteiger partial charge in [-0.2, -0.15) is 0 Å². The number of nitrogens with one attached hydrogen (secondary N) is 1. The van der Waals surface area contributed by atoms with Crippen LogP contribution in [0.1, 0.15) is 41.9 Å². The molecule has 15 nitrogen and oxygen atoms in total. The van der Waals surface area contributed by atoms with Gasteiger partial charge >= 0.3 is 5.97 Å². The number of hydrogen-bond donors (Lipinski definition) is 6. The maximum absolute atomic E-state index is 13.1. The van der Waals surface area contributed by atoms with E-state index in [1.165, 1.54) is 35.4 Å². The number of imidazole rings is 1. The summed E-state index contributed by atoms with van der Waals surface area (Å²) >= 11 is 0. The predicted molar refractivity (Wildman–Crippen MR) is 215 cm³/mol. The molecule has 1 amide bonds. The summed E-state index contributed by atoms with van der Waals surface area (Å²) in [6.07, 6.45) is -0.535. The molecule has 4 heterocycles. The van der Waals surface area contributed by atoms with Crippen molar-refractivity contribution in [2.75, 3.05) is 29.5 Å². The lowest BCUT2D eigenvalue weighted by molar-refractivity contribution is -0.140. The summed E-state index contributed by atoms with van der Waals surface area (Å²) < 4.78 is 13.6. The molecule has 4 aromatic rings. The maximum atomic E-state index is 13.1. The monoisotopic (exact) mass is 793 g/mol. The second kappa shape index (κ2) is 16.6. The Hall–Kier alpha value is -5.99. The summed E-state index contributed by atoms with van der Waals surface area (Å²) in [5.74, 6) is 6.03. The Labute approximate surface area is 329 Å². The third-order valence-corrected chi connectivity index (χ3v) is 12.2. The normalized spacial score (nSPS) is 19.0. The molecule has 2 aromatic carbocycles. The number of aliphatic hydroxyl groups is 2. The highest BCUT2D eigenvalue weighted by Crippen LogP contribution is 2.42. The van der Waals surface area contributed by atoms with Gasteiger partial charge in [-0.1, -0.05) is 12.0 Å². The van der Waals surface area contributed by atoms with Crippen LogP contribution in [0, 0.1) is 24.7 Å². The zero-order valence-electron chi connectivity index (χ0n) is 31.1. The third kappa shape index (κ3) is 8.28. The van der Waals surface area contributed by atoms with Crippen molar-refractivity contribution < 1.29 is 39.2 Å². The first-order chi connectivity index (χ1) is 27.4. The number of phenols is 1. The van der Waals surface area contributed by atoms with Gasteiger partial charge in [-0.25, -0.2) is 15.0 Å². The van der Waals surface area contributed by atoms with Crippen LogP contribution in [-0.4, -0.2) is 93.9 Å². The van der Waals surface area contributed by atoms with E-state index < -0.39 is 47.3 Å². The second-order valence-electron chi connectivity index (χ2n) is 14.0. The SMILES string of the molecule is Cc1cc(C(=O)NCCCC#CC[S+](C[C@H](C)C(=O)O)C[C@H]2O[C@@H](n3cnc4c(N)ncnc43)[C@@H](O)C2O)ccc1-c1c2ccc(=O)cc-2oc2cc(O)ccc12. The highest BCUT2D eigenvalue weighted by Gasteiger charge is 2.47. The summed E-state index contributed by atoms with van der Waals surface area (Å²) in [4.78, 5) is 49.3. The van der Waals surface area contributed by atoms with E-state index in [0.717, 1.165) is 27.6 Å². The molecule has 294 valence electrons. The quantitative estimate of drug-likeness (QED) is 0.0451. The number of aromatic nitrogens is 4. The van der Waals surface area contributed by atoms with Gasteiger partial charge < -0.3 is 40.6 Å². The minimum Gasteiger partial charge on any atom is -0.508 e. The number of rotatable bonds is 12.